The summed E-state index contributed by atoms with van der Waals surface area (Å²) < 4.78 is 21.6. The second kappa shape index (κ2) is 7.42. The Labute approximate surface area is 132 Å². The Hall–Kier alpha value is -1.14. The Kier molecular flexibility index (Phi) is 6.38. The molecule has 1 aliphatic heterocycles. The minimum Gasteiger partial charge on any atom is -0.469 e. The normalized spacial score (nSPS) is 24.1. The zero-order valence-electron chi connectivity index (χ0n) is 14.4. The summed E-state index contributed by atoms with van der Waals surface area (Å²) in [4.78, 5) is 23.0. The molecule has 1 aliphatic rings. The van der Waals surface area contributed by atoms with Crippen LogP contribution < -0.4 is 0 Å². The Morgan fingerprint density at radius 2 is 1.73 bits per heavy atom. The van der Waals surface area contributed by atoms with Crippen LogP contribution in [-0.2, 0) is 28.5 Å². The van der Waals surface area contributed by atoms with Gasteiger partial charge in [0.05, 0.1) is 18.6 Å². The van der Waals surface area contributed by atoms with Gasteiger partial charge in [0.25, 0.3) is 0 Å². The van der Waals surface area contributed by atoms with Crippen molar-refractivity contribution < 1.29 is 28.5 Å². The highest BCUT2D eigenvalue weighted by Gasteiger charge is 2.42. The first kappa shape index (κ1) is 18.9. The molecular weight excluding hydrogens is 288 g/mol. The molecule has 0 unspecified atom stereocenters. The zero-order chi connectivity index (χ0) is 17.0. The summed E-state index contributed by atoms with van der Waals surface area (Å²) in [5.74, 6) is -1.22. The molecule has 6 nitrogen and oxygen atoms in total. The van der Waals surface area contributed by atoms with Gasteiger partial charge in [-0.15, -0.1) is 0 Å². The lowest BCUT2D eigenvalue weighted by molar-refractivity contribution is -0.165. The molecule has 0 aromatic rings. The summed E-state index contributed by atoms with van der Waals surface area (Å²) in [6.45, 7) is 9.22. The van der Waals surface area contributed by atoms with Gasteiger partial charge in [-0.3, -0.25) is 9.59 Å². The highest BCUT2D eigenvalue weighted by molar-refractivity contribution is 5.75. The van der Waals surface area contributed by atoms with Crippen LogP contribution in [0.25, 0.3) is 0 Å². The lowest BCUT2D eigenvalue weighted by Gasteiger charge is -2.21. The summed E-state index contributed by atoms with van der Waals surface area (Å²) in [5.41, 5.74) is -0.546. The fourth-order valence-corrected chi connectivity index (χ4v) is 2.22. The average molecular weight is 316 g/mol. The van der Waals surface area contributed by atoms with Gasteiger partial charge >= 0.3 is 11.9 Å². The van der Waals surface area contributed by atoms with E-state index in [4.69, 9.17) is 14.2 Å². The highest BCUT2D eigenvalue weighted by Crippen LogP contribution is 2.31. The van der Waals surface area contributed by atoms with Crippen LogP contribution in [0.5, 0.6) is 0 Å². The van der Waals surface area contributed by atoms with Crippen LogP contribution >= 0.6 is 0 Å². The van der Waals surface area contributed by atoms with Crippen molar-refractivity contribution in [3.8, 4) is 0 Å². The van der Waals surface area contributed by atoms with Crippen LogP contribution in [0.2, 0.25) is 0 Å². The molecule has 0 spiro atoms. The average Bonchev–Trinajstić information content (AvgIpc) is 2.69. The van der Waals surface area contributed by atoms with E-state index in [1.165, 1.54) is 7.11 Å². The maximum absolute atomic E-state index is 11.9. The summed E-state index contributed by atoms with van der Waals surface area (Å²) in [6.07, 6.45) is 1.11. The van der Waals surface area contributed by atoms with E-state index in [0.717, 1.165) is 0 Å². The summed E-state index contributed by atoms with van der Waals surface area (Å²) in [7, 11) is 1.37. The van der Waals surface area contributed by atoms with Crippen molar-refractivity contribution >= 4 is 11.9 Å². The maximum atomic E-state index is 11.9. The molecule has 1 heterocycles. The lowest BCUT2D eigenvalue weighted by atomic mass is 9.97. The number of rotatable bonds is 6. The predicted octanol–water partition coefficient (Wildman–Crippen LogP) is 2.44. The van der Waals surface area contributed by atoms with E-state index >= 15 is 0 Å². The molecule has 0 saturated carbocycles. The van der Waals surface area contributed by atoms with Gasteiger partial charge < -0.3 is 18.9 Å². The van der Waals surface area contributed by atoms with Crippen molar-refractivity contribution in [1.29, 1.82) is 0 Å². The molecule has 0 amide bonds. The second-order valence-electron chi connectivity index (χ2n) is 7.03. The van der Waals surface area contributed by atoms with E-state index in [9.17, 15) is 9.59 Å². The van der Waals surface area contributed by atoms with Gasteiger partial charge in [0.2, 0.25) is 0 Å². The van der Waals surface area contributed by atoms with Crippen molar-refractivity contribution in [3.05, 3.63) is 0 Å². The third-order valence-corrected chi connectivity index (χ3v) is 3.37. The van der Waals surface area contributed by atoms with Crippen molar-refractivity contribution in [2.24, 2.45) is 5.41 Å². The standard InChI is InChI=1S/C16H28O6/c1-15(2,3)14(18)20-10-12-11(21-16(4,5)22-12)8-7-9-13(17)19-6/h11-12H,7-10H2,1-6H3/t11-,12+/m0/s1. The summed E-state index contributed by atoms with van der Waals surface area (Å²) in [6, 6.07) is 0. The Bertz CT molecular complexity index is 396. The number of carbonyl (C=O) groups is 2. The van der Waals surface area contributed by atoms with Gasteiger partial charge in [-0.2, -0.15) is 0 Å². The Balaban J connectivity index is 2.51. The van der Waals surface area contributed by atoms with E-state index in [-0.39, 0.29) is 30.8 Å². The van der Waals surface area contributed by atoms with E-state index < -0.39 is 11.2 Å². The predicted molar refractivity (Wildman–Crippen MR) is 80.1 cm³/mol. The number of methoxy groups -OCH3 is 1. The third kappa shape index (κ3) is 5.93. The van der Waals surface area contributed by atoms with Gasteiger partial charge in [-0.25, -0.2) is 0 Å². The van der Waals surface area contributed by atoms with Gasteiger partial charge in [-0.05, 0) is 47.5 Å². The number of ether oxygens (including phenoxy) is 4. The van der Waals surface area contributed by atoms with E-state index in [2.05, 4.69) is 4.74 Å². The van der Waals surface area contributed by atoms with Crippen LogP contribution in [0.15, 0.2) is 0 Å². The summed E-state index contributed by atoms with van der Waals surface area (Å²) in [5, 5.41) is 0. The summed E-state index contributed by atoms with van der Waals surface area (Å²) >= 11 is 0. The molecule has 1 fully saturated rings. The topological polar surface area (TPSA) is 71.1 Å². The van der Waals surface area contributed by atoms with Crippen LogP contribution in [0, 0.1) is 5.41 Å². The first-order valence-electron chi connectivity index (χ1n) is 7.65. The minimum absolute atomic E-state index is 0.155. The number of carbonyl (C=O) groups excluding carboxylic acids is 2. The molecule has 128 valence electrons. The van der Waals surface area contributed by atoms with Crippen molar-refractivity contribution in [2.75, 3.05) is 13.7 Å². The molecule has 0 bridgehead atoms. The molecule has 1 rings (SSSR count). The molecule has 0 aliphatic carbocycles. The molecular formula is C16H28O6. The zero-order valence-corrected chi connectivity index (χ0v) is 14.4. The van der Waals surface area contributed by atoms with Crippen molar-refractivity contribution in [2.45, 2.75) is 71.9 Å². The third-order valence-electron chi connectivity index (χ3n) is 3.37. The molecule has 0 N–H and O–H groups in total. The quantitative estimate of drug-likeness (QED) is 0.701. The molecule has 1 saturated heterocycles. The van der Waals surface area contributed by atoms with Crippen LogP contribution in [0.1, 0.15) is 53.9 Å². The van der Waals surface area contributed by atoms with Gasteiger partial charge in [0.1, 0.15) is 12.7 Å². The van der Waals surface area contributed by atoms with Crippen molar-refractivity contribution in [3.63, 3.8) is 0 Å². The van der Waals surface area contributed by atoms with Gasteiger partial charge in [0.15, 0.2) is 5.79 Å². The number of esters is 2. The first-order chi connectivity index (χ1) is 10.0. The van der Waals surface area contributed by atoms with E-state index in [1.54, 1.807) is 20.8 Å². The van der Waals surface area contributed by atoms with Crippen LogP contribution in [0.4, 0.5) is 0 Å². The van der Waals surface area contributed by atoms with Crippen molar-refractivity contribution in [1.82, 2.24) is 0 Å². The second-order valence-corrected chi connectivity index (χ2v) is 7.03. The molecule has 22 heavy (non-hydrogen) atoms. The molecule has 0 radical (unpaired) electrons. The Morgan fingerprint density at radius 1 is 1.14 bits per heavy atom. The maximum Gasteiger partial charge on any atom is 0.311 e. The monoisotopic (exact) mass is 316 g/mol. The SMILES string of the molecule is COC(=O)CCC[C@@H]1OC(C)(C)O[C@@H]1COC(=O)C(C)(C)C. The minimum atomic E-state index is -0.714. The van der Waals surface area contributed by atoms with E-state index in [1.807, 2.05) is 13.8 Å². The molecule has 2 atom stereocenters. The Morgan fingerprint density at radius 3 is 2.27 bits per heavy atom. The lowest BCUT2D eigenvalue weighted by Crippen LogP contribution is -2.32. The van der Waals surface area contributed by atoms with Gasteiger partial charge in [0, 0.05) is 6.42 Å². The van der Waals surface area contributed by atoms with Crippen LogP contribution in [-0.4, -0.2) is 43.7 Å². The largest absolute Gasteiger partial charge is 0.469 e. The fraction of sp³-hybridized carbons (Fsp3) is 0.875. The van der Waals surface area contributed by atoms with Crippen LogP contribution in [0.3, 0.4) is 0 Å². The first-order valence-corrected chi connectivity index (χ1v) is 7.65. The van der Waals surface area contributed by atoms with Gasteiger partial charge in [-0.1, -0.05) is 0 Å². The highest BCUT2D eigenvalue weighted by atomic mass is 16.8. The molecule has 0 aromatic heterocycles. The number of hydrogen-bond donors (Lipinski definition) is 0. The molecule has 0 aromatic carbocycles. The van der Waals surface area contributed by atoms with E-state index in [0.29, 0.717) is 19.3 Å². The smallest absolute Gasteiger partial charge is 0.311 e. The number of hydrogen-bond acceptors (Lipinski definition) is 6. The fourth-order valence-electron chi connectivity index (χ4n) is 2.22. The molecule has 6 heteroatoms.